The highest BCUT2D eigenvalue weighted by Gasteiger charge is 2.37. The zero-order chi connectivity index (χ0) is 21.3. The number of imide groups is 2. The number of fused-ring (bicyclic) bond motifs is 1. The van der Waals surface area contributed by atoms with Crippen molar-refractivity contribution >= 4 is 40.4 Å². The predicted octanol–water partition coefficient (Wildman–Crippen LogP) is 4.21. The minimum Gasteiger partial charge on any atom is -0.493 e. The van der Waals surface area contributed by atoms with Crippen LogP contribution in [0.5, 0.6) is 5.75 Å². The van der Waals surface area contributed by atoms with Crippen LogP contribution in [0.3, 0.4) is 0 Å². The van der Waals surface area contributed by atoms with Gasteiger partial charge in [0.25, 0.3) is 11.8 Å². The molecule has 4 amide bonds. The van der Waals surface area contributed by atoms with Gasteiger partial charge in [0.15, 0.2) is 0 Å². The molecule has 0 aromatic heterocycles. The molecule has 3 aromatic rings. The fourth-order valence-electron chi connectivity index (χ4n) is 3.44. The molecule has 0 saturated carbocycles. The lowest BCUT2D eigenvalue weighted by Gasteiger charge is -2.26. The van der Waals surface area contributed by atoms with Gasteiger partial charge >= 0.3 is 6.03 Å². The van der Waals surface area contributed by atoms with Crippen molar-refractivity contribution in [1.82, 2.24) is 5.32 Å². The number of ether oxygens (including phenoxy) is 1. The highest BCUT2D eigenvalue weighted by atomic mass is 16.5. The van der Waals surface area contributed by atoms with Crippen molar-refractivity contribution in [2.45, 2.75) is 13.8 Å². The van der Waals surface area contributed by atoms with Gasteiger partial charge in [0.05, 0.1) is 12.3 Å². The van der Waals surface area contributed by atoms with E-state index in [1.54, 1.807) is 24.3 Å². The first kappa shape index (κ1) is 19.4. The summed E-state index contributed by atoms with van der Waals surface area (Å²) in [4.78, 5) is 39.1. The van der Waals surface area contributed by atoms with Gasteiger partial charge in [-0.05, 0) is 48.9 Å². The molecule has 0 spiro atoms. The number of amides is 4. The van der Waals surface area contributed by atoms with Gasteiger partial charge in [0.2, 0.25) is 0 Å². The van der Waals surface area contributed by atoms with Gasteiger partial charge in [0.1, 0.15) is 11.3 Å². The Balaban J connectivity index is 1.85. The van der Waals surface area contributed by atoms with E-state index >= 15 is 0 Å². The number of hydrogen-bond donors (Lipinski definition) is 1. The number of carbonyl (C=O) groups is 3. The van der Waals surface area contributed by atoms with E-state index in [1.165, 1.54) is 6.08 Å². The number of hydrogen-bond acceptors (Lipinski definition) is 4. The Labute approximate surface area is 173 Å². The Morgan fingerprint density at radius 3 is 2.43 bits per heavy atom. The van der Waals surface area contributed by atoms with Crippen LogP contribution in [0.2, 0.25) is 0 Å². The summed E-state index contributed by atoms with van der Waals surface area (Å²) in [5.41, 5.74) is 1.87. The minimum absolute atomic E-state index is 0.132. The quantitative estimate of drug-likeness (QED) is 0.526. The van der Waals surface area contributed by atoms with Crippen LogP contribution in [-0.4, -0.2) is 24.5 Å². The van der Waals surface area contributed by atoms with Gasteiger partial charge in [-0.15, -0.1) is 0 Å². The number of benzene rings is 3. The fraction of sp³-hybridized carbons (Fsp3) is 0.125. The van der Waals surface area contributed by atoms with Crippen LogP contribution in [0.1, 0.15) is 18.1 Å². The van der Waals surface area contributed by atoms with E-state index in [4.69, 9.17) is 4.74 Å². The summed E-state index contributed by atoms with van der Waals surface area (Å²) in [7, 11) is 0. The standard InChI is InChI=1S/C24H20N2O4/c1-3-30-21-13-10-16-6-4-5-7-18(16)19(21)14-20-22(27)25-24(29)26(23(20)28)17-11-8-15(2)9-12-17/h4-14H,3H2,1-2H3,(H,25,27,29)/b20-14-. The maximum absolute atomic E-state index is 13.2. The summed E-state index contributed by atoms with van der Waals surface area (Å²) >= 11 is 0. The molecule has 150 valence electrons. The van der Waals surface area contributed by atoms with Crippen LogP contribution >= 0.6 is 0 Å². The molecular weight excluding hydrogens is 380 g/mol. The second-order valence-corrected chi connectivity index (χ2v) is 6.92. The predicted molar refractivity (Wildman–Crippen MR) is 115 cm³/mol. The number of urea groups is 1. The van der Waals surface area contributed by atoms with E-state index in [2.05, 4.69) is 5.32 Å². The molecule has 4 rings (SSSR count). The van der Waals surface area contributed by atoms with Crippen molar-refractivity contribution in [2.24, 2.45) is 0 Å². The highest BCUT2D eigenvalue weighted by Crippen LogP contribution is 2.31. The van der Waals surface area contributed by atoms with Crippen molar-refractivity contribution in [3.8, 4) is 5.75 Å². The lowest BCUT2D eigenvalue weighted by atomic mass is 9.99. The van der Waals surface area contributed by atoms with E-state index in [0.29, 0.717) is 23.6 Å². The third-order valence-corrected chi connectivity index (χ3v) is 4.91. The summed E-state index contributed by atoms with van der Waals surface area (Å²) in [5.74, 6) is -0.852. The lowest BCUT2D eigenvalue weighted by Crippen LogP contribution is -2.54. The molecule has 1 saturated heterocycles. The van der Waals surface area contributed by atoms with Crippen LogP contribution in [0.15, 0.2) is 66.2 Å². The van der Waals surface area contributed by atoms with E-state index < -0.39 is 17.8 Å². The van der Waals surface area contributed by atoms with Crippen LogP contribution in [-0.2, 0) is 9.59 Å². The summed E-state index contributed by atoms with van der Waals surface area (Å²) < 4.78 is 5.73. The van der Waals surface area contributed by atoms with Crippen molar-refractivity contribution in [1.29, 1.82) is 0 Å². The lowest BCUT2D eigenvalue weighted by molar-refractivity contribution is -0.122. The second-order valence-electron chi connectivity index (χ2n) is 6.92. The van der Waals surface area contributed by atoms with E-state index in [1.807, 2.05) is 50.2 Å². The molecule has 30 heavy (non-hydrogen) atoms. The van der Waals surface area contributed by atoms with Gasteiger partial charge in [-0.25, -0.2) is 9.69 Å². The van der Waals surface area contributed by atoms with Crippen molar-refractivity contribution < 1.29 is 19.1 Å². The molecule has 0 aliphatic carbocycles. The van der Waals surface area contributed by atoms with Crippen LogP contribution in [0.4, 0.5) is 10.5 Å². The average Bonchev–Trinajstić information content (AvgIpc) is 2.73. The molecule has 0 atom stereocenters. The van der Waals surface area contributed by atoms with E-state index in [9.17, 15) is 14.4 Å². The normalized spacial score (nSPS) is 15.6. The van der Waals surface area contributed by atoms with Gasteiger partial charge in [0, 0.05) is 5.56 Å². The van der Waals surface area contributed by atoms with Crippen LogP contribution in [0.25, 0.3) is 16.8 Å². The minimum atomic E-state index is -0.769. The first-order valence-corrected chi connectivity index (χ1v) is 9.62. The Bertz CT molecular complexity index is 1200. The SMILES string of the molecule is CCOc1ccc2ccccc2c1/C=C1/C(=O)NC(=O)N(c2ccc(C)cc2)C1=O. The van der Waals surface area contributed by atoms with Crippen molar-refractivity contribution in [3.05, 3.63) is 77.4 Å². The average molecular weight is 400 g/mol. The molecule has 6 heteroatoms. The monoisotopic (exact) mass is 400 g/mol. The van der Waals surface area contributed by atoms with Gasteiger partial charge in [-0.3, -0.25) is 14.9 Å². The van der Waals surface area contributed by atoms with Crippen LogP contribution < -0.4 is 15.0 Å². The molecule has 1 N–H and O–H groups in total. The Hall–Kier alpha value is -3.93. The Kier molecular flexibility index (Phi) is 5.06. The molecule has 0 bridgehead atoms. The van der Waals surface area contributed by atoms with Crippen molar-refractivity contribution in [3.63, 3.8) is 0 Å². The third kappa shape index (κ3) is 3.43. The number of nitrogens with zero attached hydrogens (tertiary/aromatic N) is 1. The van der Waals surface area contributed by atoms with Gasteiger partial charge in [-0.1, -0.05) is 48.0 Å². The zero-order valence-corrected chi connectivity index (χ0v) is 16.6. The molecule has 0 radical (unpaired) electrons. The molecule has 0 unspecified atom stereocenters. The van der Waals surface area contributed by atoms with E-state index in [-0.39, 0.29) is 5.57 Å². The summed E-state index contributed by atoms with van der Waals surface area (Å²) in [6.07, 6.45) is 1.50. The summed E-state index contributed by atoms with van der Waals surface area (Å²) in [6.45, 7) is 4.21. The number of carbonyl (C=O) groups excluding carboxylic acids is 3. The highest BCUT2D eigenvalue weighted by molar-refractivity contribution is 6.39. The first-order valence-electron chi connectivity index (χ1n) is 9.62. The number of barbiturate groups is 1. The van der Waals surface area contributed by atoms with E-state index in [0.717, 1.165) is 21.2 Å². The maximum atomic E-state index is 13.2. The Morgan fingerprint density at radius 1 is 0.967 bits per heavy atom. The molecule has 1 heterocycles. The molecular formula is C24H20N2O4. The Morgan fingerprint density at radius 2 is 1.70 bits per heavy atom. The number of anilines is 1. The molecule has 6 nitrogen and oxygen atoms in total. The van der Waals surface area contributed by atoms with Crippen molar-refractivity contribution in [2.75, 3.05) is 11.5 Å². The number of rotatable bonds is 4. The van der Waals surface area contributed by atoms with Crippen LogP contribution in [0, 0.1) is 6.92 Å². The smallest absolute Gasteiger partial charge is 0.335 e. The van der Waals surface area contributed by atoms with Gasteiger partial charge < -0.3 is 4.74 Å². The molecule has 1 aliphatic heterocycles. The first-order chi connectivity index (χ1) is 14.5. The topological polar surface area (TPSA) is 75.7 Å². The fourth-order valence-corrected chi connectivity index (χ4v) is 3.44. The number of aryl methyl sites for hydroxylation is 1. The van der Waals surface area contributed by atoms with Gasteiger partial charge in [-0.2, -0.15) is 0 Å². The maximum Gasteiger partial charge on any atom is 0.335 e. The molecule has 3 aromatic carbocycles. The molecule has 1 aliphatic rings. The largest absolute Gasteiger partial charge is 0.493 e. The third-order valence-electron chi connectivity index (χ3n) is 4.91. The molecule has 1 fully saturated rings. The number of nitrogens with one attached hydrogen (secondary N) is 1. The summed E-state index contributed by atoms with van der Waals surface area (Å²) in [6, 6.07) is 17.5. The second kappa shape index (κ2) is 7.83. The zero-order valence-electron chi connectivity index (χ0n) is 16.6. The summed E-state index contributed by atoms with van der Waals surface area (Å²) in [5, 5.41) is 4.05.